The monoisotopic (exact) mass is 566 g/mol. The van der Waals surface area contributed by atoms with Crippen LogP contribution in [0.2, 0.25) is 23.2 Å². The number of azide groups is 1. The van der Waals surface area contributed by atoms with Crippen molar-refractivity contribution in [1.29, 1.82) is 0 Å². The summed E-state index contributed by atoms with van der Waals surface area (Å²) in [4.78, 5) is 15.9. The molecule has 1 N–H and O–H groups in total. The van der Waals surface area contributed by atoms with Gasteiger partial charge in [0.1, 0.15) is 5.60 Å². The van der Waals surface area contributed by atoms with Gasteiger partial charge in [-0.2, -0.15) is 0 Å². The summed E-state index contributed by atoms with van der Waals surface area (Å²) < 4.78 is 25.0. The molecule has 0 bridgehead atoms. The third kappa shape index (κ3) is 9.70. The summed E-state index contributed by atoms with van der Waals surface area (Å²) in [5, 5.41) is 7.52. The second-order valence-corrected chi connectivity index (χ2v) is 22.1. The lowest BCUT2D eigenvalue weighted by Crippen LogP contribution is -2.62. The molecule has 0 aliphatic rings. The zero-order chi connectivity index (χ0) is 29.4. The first-order valence-electron chi connectivity index (χ1n) is 13.2. The van der Waals surface area contributed by atoms with Crippen LogP contribution in [0.15, 0.2) is 35.4 Å². The third-order valence-corrected chi connectivity index (χ3v) is 15.7. The number of carbonyl (C=O) groups is 1. The average molecular weight is 567 g/mol. The van der Waals surface area contributed by atoms with Crippen LogP contribution in [0.25, 0.3) is 10.4 Å². The number of alkyl carbamates (subject to hydrolysis) is 1. The molecule has 0 radical (unpaired) electrons. The molecule has 1 aromatic carbocycles. The Morgan fingerprint density at radius 2 is 1.55 bits per heavy atom. The summed E-state index contributed by atoms with van der Waals surface area (Å²) in [5.41, 5.74) is 8.44. The number of rotatable bonds is 12. The lowest BCUT2D eigenvalue weighted by Gasteiger charge is -2.42. The Hall–Kier alpha value is -1.89. The lowest BCUT2D eigenvalue weighted by atomic mass is 10.0. The number of nitrogens with one attached hydrogen (secondary N) is 1. The minimum absolute atomic E-state index is 0.00169. The molecule has 0 fully saturated rings. The van der Waals surface area contributed by atoms with Gasteiger partial charge in [0, 0.05) is 36.1 Å². The van der Waals surface area contributed by atoms with Gasteiger partial charge in [0.05, 0.1) is 12.6 Å². The molecule has 0 aliphatic carbocycles. The summed E-state index contributed by atoms with van der Waals surface area (Å²) in [6.07, 6.45) is -0.565. The molecule has 0 spiro atoms. The van der Waals surface area contributed by atoms with Gasteiger partial charge < -0.3 is 23.3 Å². The van der Waals surface area contributed by atoms with Crippen LogP contribution < -0.4 is 10.5 Å². The lowest BCUT2D eigenvalue weighted by molar-refractivity contribution is 0.0427. The molecular weight excluding hydrogens is 516 g/mol. The van der Waals surface area contributed by atoms with Gasteiger partial charge in [-0.1, -0.05) is 77.0 Å². The molecule has 3 atom stereocenters. The van der Waals surface area contributed by atoms with Crippen LogP contribution >= 0.6 is 0 Å². The third-order valence-electron chi connectivity index (χ3n) is 7.01. The van der Waals surface area contributed by atoms with E-state index in [0.717, 1.165) is 5.19 Å². The van der Waals surface area contributed by atoms with E-state index in [1.54, 1.807) is 7.11 Å². The molecule has 1 amide bonds. The number of nitrogens with zero attached hydrogens (tertiary/aromatic N) is 3. The predicted molar refractivity (Wildman–Crippen MR) is 158 cm³/mol. The molecule has 11 heteroatoms. The maximum absolute atomic E-state index is 12.9. The Morgan fingerprint density at radius 3 is 2.00 bits per heavy atom. The molecule has 1 rings (SSSR count). The first-order chi connectivity index (χ1) is 17.3. The fraction of sp³-hybridized carbons (Fsp3) is 0.741. The zero-order valence-electron chi connectivity index (χ0n) is 25.5. The van der Waals surface area contributed by atoms with E-state index < -0.39 is 34.6 Å². The number of amides is 1. The summed E-state index contributed by atoms with van der Waals surface area (Å²) in [6.45, 7) is 23.2. The van der Waals surface area contributed by atoms with Crippen molar-refractivity contribution in [3.63, 3.8) is 0 Å². The van der Waals surface area contributed by atoms with Crippen molar-refractivity contribution < 1.29 is 22.8 Å². The molecular formula is C27H50N4O5Si2. The number of carbonyl (C=O) groups excluding carboxylic acids is 1. The van der Waals surface area contributed by atoms with Gasteiger partial charge in [-0.15, -0.1) is 0 Å². The van der Waals surface area contributed by atoms with E-state index in [1.165, 1.54) is 0 Å². The van der Waals surface area contributed by atoms with Crippen LogP contribution in [0, 0.1) is 5.92 Å². The zero-order valence-corrected chi connectivity index (χ0v) is 27.5. The van der Waals surface area contributed by atoms with Crippen molar-refractivity contribution in [3.05, 3.63) is 40.8 Å². The van der Waals surface area contributed by atoms with E-state index in [0.29, 0.717) is 6.61 Å². The van der Waals surface area contributed by atoms with Crippen LogP contribution in [-0.2, 0) is 18.0 Å². The van der Waals surface area contributed by atoms with Crippen molar-refractivity contribution in [1.82, 2.24) is 5.32 Å². The molecule has 1 aromatic rings. The van der Waals surface area contributed by atoms with E-state index in [-0.39, 0.29) is 29.1 Å². The van der Waals surface area contributed by atoms with Gasteiger partial charge in [0.25, 0.3) is 0 Å². The second kappa shape index (κ2) is 13.5. The smallest absolute Gasteiger partial charge is 0.407 e. The average Bonchev–Trinajstić information content (AvgIpc) is 2.77. The highest BCUT2D eigenvalue weighted by atomic mass is 28.4. The Labute approximate surface area is 232 Å². The number of benzene rings is 1. The number of hydrogen-bond donors (Lipinski definition) is 1. The highest BCUT2D eigenvalue weighted by Crippen LogP contribution is 2.38. The molecule has 0 saturated carbocycles. The van der Waals surface area contributed by atoms with Crippen LogP contribution in [0.1, 0.15) is 62.3 Å². The fourth-order valence-corrected chi connectivity index (χ4v) is 8.35. The molecule has 1 unspecified atom stereocenters. The Bertz CT molecular complexity index is 936. The molecule has 216 valence electrons. The molecule has 0 saturated heterocycles. The molecule has 9 nitrogen and oxygen atoms in total. The van der Waals surface area contributed by atoms with E-state index in [2.05, 4.69) is 70.0 Å². The Balaban J connectivity index is 3.43. The molecule has 0 aliphatic heterocycles. The highest BCUT2D eigenvalue weighted by molar-refractivity contribution is 6.83. The fourth-order valence-electron chi connectivity index (χ4n) is 3.80. The van der Waals surface area contributed by atoms with Crippen molar-refractivity contribution in [2.75, 3.05) is 26.9 Å². The highest BCUT2D eigenvalue weighted by Gasteiger charge is 2.51. The predicted octanol–water partition coefficient (Wildman–Crippen LogP) is 6.64. The standard InChI is InChI=1S/C27H50N4O5Si2/c1-25(2,3)36-24(32)30-23(21(18-29-31-28)19-34-37(11,12)26(4,5)6)20-35-38(33-10,27(7,8)9)22-16-14-13-15-17-22/h13-17,21,23H,18-20H2,1-12H3,(H,30,32)/t21-,23+,38?/m0/s1. The van der Waals surface area contributed by atoms with Gasteiger partial charge in [0.15, 0.2) is 8.32 Å². The van der Waals surface area contributed by atoms with E-state index in [9.17, 15) is 4.79 Å². The maximum Gasteiger partial charge on any atom is 0.407 e. The minimum Gasteiger partial charge on any atom is -0.444 e. The van der Waals surface area contributed by atoms with E-state index in [1.807, 2.05) is 51.1 Å². The molecule has 38 heavy (non-hydrogen) atoms. The summed E-state index contributed by atoms with van der Waals surface area (Å²) >= 11 is 0. The summed E-state index contributed by atoms with van der Waals surface area (Å²) in [6, 6.07) is 9.40. The summed E-state index contributed by atoms with van der Waals surface area (Å²) in [7, 11) is -3.44. The first-order valence-corrected chi connectivity index (χ1v) is 17.9. The minimum atomic E-state index is -3.00. The van der Waals surface area contributed by atoms with Crippen LogP contribution in [0.5, 0.6) is 0 Å². The second-order valence-electron chi connectivity index (χ2n) is 13.2. The number of hydrogen-bond acceptors (Lipinski definition) is 6. The van der Waals surface area contributed by atoms with Crippen molar-refractivity contribution in [3.8, 4) is 0 Å². The SMILES string of the molecule is CO[Si](OC[C@@H](NC(=O)OC(C)(C)C)[C@@H](CN=[N+]=[N-])CO[Si](C)(C)C(C)(C)C)(c1ccccc1)C(C)(C)C. The van der Waals surface area contributed by atoms with Gasteiger partial charge in [-0.3, -0.25) is 0 Å². The van der Waals surface area contributed by atoms with Crippen LogP contribution in [-0.4, -0.2) is 61.5 Å². The normalized spacial score (nSPS) is 16.1. The maximum atomic E-state index is 12.9. The van der Waals surface area contributed by atoms with Gasteiger partial charge in [-0.05, 0) is 49.6 Å². The Morgan fingerprint density at radius 1 is 0.974 bits per heavy atom. The molecule has 0 heterocycles. The Kier molecular flexibility index (Phi) is 12.1. The molecule has 0 aromatic heterocycles. The number of ether oxygens (including phenoxy) is 1. The van der Waals surface area contributed by atoms with Gasteiger partial charge in [0.2, 0.25) is 0 Å². The topological polar surface area (TPSA) is 115 Å². The van der Waals surface area contributed by atoms with E-state index >= 15 is 0 Å². The first kappa shape index (κ1) is 34.1. The van der Waals surface area contributed by atoms with Gasteiger partial charge in [-0.25, -0.2) is 4.79 Å². The van der Waals surface area contributed by atoms with Crippen LogP contribution in [0.3, 0.4) is 0 Å². The van der Waals surface area contributed by atoms with Crippen LogP contribution in [0.4, 0.5) is 4.79 Å². The van der Waals surface area contributed by atoms with Gasteiger partial charge >= 0.3 is 14.7 Å². The van der Waals surface area contributed by atoms with Crippen molar-refractivity contribution in [2.45, 2.75) is 97.1 Å². The van der Waals surface area contributed by atoms with Crippen molar-refractivity contribution >= 4 is 28.2 Å². The van der Waals surface area contributed by atoms with Crippen molar-refractivity contribution in [2.24, 2.45) is 11.0 Å². The van der Waals surface area contributed by atoms with E-state index in [4.69, 9.17) is 23.5 Å². The quantitative estimate of drug-likeness (QED) is 0.132. The largest absolute Gasteiger partial charge is 0.444 e. The summed E-state index contributed by atoms with van der Waals surface area (Å²) in [5.74, 6) is -0.341.